The lowest BCUT2D eigenvalue weighted by Crippen LogP contribution is -2.42. The third kappa shape index (κ3) is 5.33. The van der Waals surface area contributed by atoms with Crippen LogP contribution in [-0.4, -0.2) is 32.4 Å². The summed E-state index contributed by atoms with van der Waals surface area (Å²) >= 11 is 19.0. The van der Waals surface area contributed by atoms with Crippen molar-refractivity contribution in [2.24, 2.45) is 0 Å². The molecule has 8 nitrogen and oxygen atoms in total. The number of hydrazine groups is 1. The molecule has 0 spiro atoms. The Bertz CT molecular complexity index is 1060. The number of thioether (sulfide) groups is 1. The Kier molecular flexibility index (Phi) is 6.86. The molecule has 0 unspecified atom stereocenters. The number of benzene rings is 2. The molecule has 4 N–H and O–H groups in total. The molecule has 0 saturated carbocycles. The van der Waals surface area contributed by atoms with Gasteiger partial charge in [0.2, 0.25) is 11.1 Å². The van der Waals surface area contributed by atoms with Crippen molar-refractivity contribution in [1.82, 2.24) is 25.7 Å². The summed E-state index contributed by atoms with van der Waals surface area (Å²) in [6.07, 6.45) is 0. The maximum Gasteiger partial charge on any atom is 0.269 e. The number of carbonyl (C=O) groups is 2. The highest BCUT2D eigenvalue weighted by molar-refractivity contribution is 7.99. The number of amides is 2. The second kappa shape index (κ2) is 9.36. The van der Waals surface area contributed by atoms with Crippen LogP contribution in [0.2, 0.25) is 15.1 Å². The van der Waals surface area contributed by atoms with E-state index in [1.165, 1.54) is 16.8 Å². The molecule has 0 atom stereocenters. The summed E-state index contributed by atoms with van der Waals surface area (Å²) in [6.45, 7) is 0. The lowest BCUT2D eigenvalue weighted by atomic mass is 10.2. The maximum atomic E-state index is 12.0. The Hall–Kier alpha value is -2.46. The average molecular weight is 472 g/mol. The zero-order chi connectivity index (χ0) is 21.0. The van der Waals surface area contributed by atoms with E-state index in [1.807, 2.05) is 0 Å². The summed E-state index contributed by atoms with van der Waals surface area (Å²) in [4.78, 5) is 24.0. The average Bonchev–Trinajstić information content (AvgIpc) is 3.07. The Morgan fingerprint density at radius 1 is 1.00 bits per heavy atom. The first-order valence-corrected chi connectivity index (χ1v) is 10.1. The first kappa shape index (κ1) is 21.3. The molecule has 1 aromatic heterocycles. The predicted octanol–water partition coefficient (Wildman–Crippen LogP) is 3.17. The van der Waals surface area contributed by atoms with E-state index in [1.54, 1.807) is 30.3 Å². The third-order valence-corrected chi connectivity index (χ3v) is 5.35. The summed E-state index contributed by atoms with van der Waals surface area (Å²) in [5.74, 6) is 5.33. The van der Waals surface area contributed by atoms with Crippen LogP contribution < -0.4 is 16.7 Å². The number of nitrogens with two attached hydrogens (primary N) is 1. The quantitative estimate of drug-likeness (QED) is 0.299. The standard InChI is InChI=1S/C17H13Cl3N6O2S/c18-10-3-1-9(2-4-10)16(28)24-22-14(27)8-29-17-25-23-15(26(17)21)12-7-11(19)5-6-13(12)20/h1-7H,8,21H2,(H,22,27)(H,24,28). The van der Waals surface area contributed by atoms with Gasteiger partial charge in [0.15, 0.2) is 5.82 Å². The van der Waals surface area contributed by atoms with E-state index in [0.717, 1.165) is 11.8 Å². The first-order valence-electron chi connectivity index (χ1n) is 7.98. The Morgan fingerprint density at radius 3 is 2.41 bits per heavy atom. The SMILES string of the molecule is Nn1c(SCC(=O)NNC(=O)c2ccc(Cl)cc2)nnc1-c1cc(Cl)ccc1Cl. The smallest absolute Gasteiger partial charge is 0.269 e. The normalized spacial score (nSPS) is 10.6. The number of aromatic nitrogens is 3. The fraction of sp³-hybridized carbons (Fsp3) is 0.0588. The number of hydrogen-bond donors (Lipinski definition) is 3. The lowest BCUT2D eigenvalue weighted by Gasteiger charge is -2.08. The summed E-state index contributed by atoms with van der Waals surface area (Å²) in [7, 11) is 0. The number of rotatable bonds is 5. The number of nitrogen functional groups attached to an aromatic ring is 1. The molecule has 0 aliphatic rings. The van der Waals surface area contributed by atoms with Gasteiger partial charge in [0.05, 0.1) is 10.8 Å². The molecular formula is C17H13Cl3N6O2S. The molecule has 0 radical (unpaired) electrons. The van der Waals surface area contributed by atoms with Gasteiger partial charge in [0, 0.05) is 21.2 Å². The van der Waals surface area contributed by atoms with Gasteiger partial charge in [-0.25, -0.2) is 4.68 Å². The monoisotopic (exact) mass is 470 g/mol. The summed E-state index contributed by atoms with van der Waals surface area (Å²) < 4.78 is 1.21. The molecule has 12 heteroatoms. The van der Waals surface area contributed by atoms with Gasteiger partial charge in [-0.05, 0) is 42.5 Å². The molecule has 0 aliphatic carbocycles. The van der Waals surface area contributed by atoms with E-state index >= 15 is 0 Å². The zero-order valence-corrected chi connectivity index (χ0v) is 17.6. The van der Waals surface area contributed by atoms with Crippen LogP contribution in [0.4, 0.5) is 0 Å². The lowest BCUT2D eigenvalue weighted by molar-refractivity contribution is -0.119. The van der Waals surface area contributed by atoms with Crippen LogP contribution in [-0.2, 0) is 4.79 Å². The Balaban J connectivity index is 1.57. The highest BCUT2D eigenvalue weighted by atomic mass is 35.5. The van der Waals surface area contributed by atoms with Gasteiger partial charge in [0.1, 0.15) is 0 Å². The van der Waals surface area contributed by atoms with Crippen LogP contribution in [0.15, 0.2) is 47.6 Å². The highest BCUT2D eigenvalue weighted by Crippen LogP contribution is 2.30. The van der Waals surface area contributed by atoms with Crippen molar-refractivity contribution >= 4 is 58.4 Å². The van der Waals surface area contributed by atoms with E-state index in [0.29, 0.717) is 32.0 Å². The van der Waals surface area contributed by atoms with Crippen molar-refractivity contribution in [3.8, 4) is 11.4 Å². The fourth-order valence-electron chi connectivity index (χ4n) is 2.19. The fourth-order valence-corrected chi connectivity index (χ4v) is 3.35. The molecule has 3 aromatic rings. The van der Waals surface area contributed by atoms with Gasteiger partial charge < -0.3 is 5.84 Å². The molecule has 150 valence electrons. The van der Waals surface area contributed by atoms with Crippen LogP contribution >= 0.6 is 46.6 Å². The number of nitrogens with one attached hydrogen (secondary N) is 2. The van der Waals surface area contributed by atoms with E-state index in [4.69, 9.17) is 40.6 Å². The van der Waals surface area contributed by atoms with Crippen molar-refractivity contribution < 1.29 is 9.59 Å². The van der Waals surface area contributed by atoms with Crippen molar-refractivity contribution in [2.75, 3.05) is 11.6 Å². The minimum absolute atomic E-state index is 0.0560. The van der Waals surface area contributed by atoms with Crippen molar-refractivity contribution in [2.45, 2.75) is 5.16 Å². The second-order valence-electron chi connectivity index (χ2n) is 5.60. The summed E-state index contributed by atoms with van der Waals surface area (Å²) in [5.41, 5.74) is 5.49. The van der Waals surface area contributed by atoms with Crippen molar-refractivity contribution in [3.05, 3.63) is 63.1 Å². The van der Waals surface area contributed by atoms with Crippen LogP contribution in [0.25, 0.3) is 11.4 Å². The topological polar surface area (TPSA) is 115 Å². The van der Waals surface area contributed by atoms with Crippen LogP contribution in [0.3, 0.4) is 0 Å². The number of carbonyl (C=O) groups excluding carboxylic acids is 2. The minimum atomic E-state index is -0.472. The third-order valence-electron chi connectivity index (χ3n) is 3.59. The zero-order valence-electron chi connectivity index (χ0n) is 14.5. The first-order chi connectivity index (χ1) is 13.8. The Labute approximate surface area is 184 Å². The van der Waals surface area contributed by atoms with Gasteiger partial charge >= 0.3 is 0 Å². The molecule has 1 heterocycles. The van der Waals surface area contributed by atoms with E-state index in [9.17, 15) is 9.59 Å². The molecule has 29 heavy (non-hydrogen) atoms. The van der Waals surface area contributed by atoms with Gasteiger partial charge in [-0.3, -0.25) is 20.4 Å². The molecule has 0 fully saturated rings. The second-order valence-corrected chi connectivity index (χ2v) is 7.82. The number of hydrogen-bond acceptors (Lipinski definition) is 6. The van der Waals surface area contributed by atoms with Gasteiger partial charge in [-0.2, -0.15) is 0 Å². The molecule has 0 aliphatic heterocycles. The van der Waals surface area contributed by atoms with Crippen LogP contribution in [0.5, 0.6) is 0 Å². The van der Waals surface area contributed by atoms with Crippen LogP contribution in [0, 0.1) is 0 Å². The van der Waals surface area contributed by atoms with Gasteiger partial charge in [0.25, 0.3) is 5.91 Å². The molecule has 3 rings (SSSR count). The van der Waals surface area contributed by atoms with Gasteiger partial charge in [-0.1, -0.05) is 46.6 Å². The molecule has 2 aromatic carbocycles. The molecule has 0 bridgehead atoms. The predicted molar refractivity (Wildman–Crippen MR) is 113 cm³/mol. The molecule has 2 amide bonds. The Morgan fingerprint density at radius 2 is 1.69 bits per heavy atom. The van der Waals surface area contributed by atoms with E-state index < -0.39 is 11.8 Å². The molecule has 0 saturated heterocycles. The van der Waals surface area contributed by atoms with Crippen molar-refractivity contribution in [3.63, 3.8) is 0 Å². The maximum absolute atomic E-state index is 12.0. The van der Waals surface area contributed by atoms with Gasteiger partial charge in [-0.15, -0.1) is 10.2 Å². The highest BCUT2D eigenvalue weighted by Gasteiger charge is 2.16. The van der Waals surface area contributed by atoms with Crippen molar-refractivity contribution in [1.29, 1.82) is 0 Å². The van der Waals surface area contributed by atoms with E-state index in [-0.39, 0.29) is 10.9 Å². The molecular weight excluding hydrogens is 459 g/mol. The van der Waals surface area contributed by atoms with Crippen LogP contribution in [0.1, 0.15) is 10.4 Å². The number of nitrogens with zero attached hydrogens (tertiary/aromatic N) is 3. The number of halogens is 3. The minimum Gasteiger partial charge on any atom is -0.335 e. The summed E-state index contributed by atoms with van der Waals surface area (Å²) in [6, 6.07) is 11.1. The summed E-state index contributed by atoms with van der Waals surface area (Å²) in [5, 5.41) is 9.63. The van der Waals surface area contributed by atoms with E-state index in [2.05, 4.69) is 21.0 Å². The largest absolute Gasteiger partial charge is 0.335 e.